The first-order valence-corrected chi connectivity index (χ1v) is 5.16. The van der Waals surface area contributed by atoms with Gasteiger partial charge in [-0.05, 0) is 25.5 Å². The van der Waals surface area contributed by atoms with Gasteiger partial charge < -0.3 is 11.5 Å². The Morgan fingerprint density at radius 1 is 1.12 bits per heavy atom. The zero-order valence-electron chi connectivity index (χ0n) is 8.85. The van der Waals surface area contributed by atoms with Crippen LogP contribution in [0.2, 0.25) is 0 Å². The highest BCUT2D eigenvalue weighted by Crippen LogP contribution is 2.22. The molecular formula is C11H15F3N2. The number of halogens is 3. The van der Waals surface area contributed by atoms with Gasteiger partial charge in [0, 0.05) is 17.7 Å². The lowest BCUT2D eigenvalue weighted by atomic mass is 10.0. The number of hydrogen-bond acceptors (Lipinski definition) is 2. The molecule has 2 nitrogen and oxygen atoms in total. The van der Waals surface area contributed by atoms with Crippen LogP contribution in [0.15, 0.2) is 12.1 Å². The van der Waals surface area contributed by atoms with Crippen LogP contribution < -0.4 is 11.5 Å². The molecule has 0 radical (unpaired) electrons. The molecular weight excluding hydrogens is 217 g/mol. The van der Waals surface area contributed by atoms with Crippen LogP contribution in [0.3, 0.4) is 0 Å². The number of benzene rings is 1. The Kier molecular flexibility index (Phi) is 4.76. The van der Waals surface area contributed by atoms with Crippen molar-refractivity contribution in [1.82, 2.24) is 0 Å². The summed E-state index contributed by atoms with van der Waals surface area (Å²) in [7, 11) is 0. The Morgan fingerprint density at radius 3 is 2.44 bits per heavy atom. The van der Waals surface area contributed by atoms with Gasteiger partial charge in [0.25, 0.3) is 0 Å². The lowest BCUT2D eigenvalue weighted by Gasteiger charge is -2.13. The summed E-state index contributed by atoms with van der Waals surface area (Å²) in [6.07, 6.45) is 1.92. The molecule has 0 aliphatic rings. The molecule has 16 heavy (non-hydrogen) atoms. The first-order chi connectivity index (χ1) is 7.56. The van der Waals surface area contributed by atoms with Gasteiger partial charge in [0.1, 0.15) is 5.82 Å². The molecule has 0 heterocycles. The van der Waals surface area contributed by atoms with Gasteiger partial charge in [0.15, 0.2) is 11.6 Å². The Hall–Kier alpha value is -1.07. The van der Waals surface area contributed by atoms with E-state index < -0.39 is 23.5 Å². The predicted molar refractivity (Wildman–Crippen MR) is 56.1 cm³/mol. The molecule has 1 aromatic rings. The molecule has 0 saturated heterocycles. The van der Waals surface area contributed by atoms with Gasteiger partial charge in [0.05, 0.1) is 0 Å². The molecule has 90 valence electrons. The monoisotopic (exact) mass is 232 g/mol. The second kappa shape index (κ2) is 5.86. The van der Waals surface area contributed by atoms with E-state index in [1.165, 1.54) is 0 Å². The zero-order valence-corrected chi connectivity index (χ0v) is 8.85. The van der Waals surface area contributed by atoms with Crippen LogP contribution in [0.1, 0.15) is 30.9 Å². The van der Waals surface area contributed by atoms with Gasteiger partial charge in [0.2, 0.25) is 0 Å². The first-order valence-electron chi connectivity index (χ1n) is 5.16. The molecule has 1 aromatic carbocycles. The van der Waals surface area contributed by atoms with E-state index >= 15 is 0 Å². The third kappa shape index (κ3) is 3.21. The fourth-order valence-corrected chi connectivity index (χ4v) is 1.51. The maximum absolute atomic E-state index is 13.3. The van der Waals surface area contributed by atoms with Crippen LogP contribution in [0, 0.1) is 17.5 Å². The maximum Gasteiger partial charge on any atom is 0.163 e. The van der Waals surface area contributed by atoms with E-state index in [-0.39, 0.29) is 5.56 Å². The fourth-order valence-electron chi connectivity index (χ4n) is 1.51. The van der Waals surface area contributed by atoms with E-state index in [4.69, 9.17) is 11.5 Å². The van der Waals surface area contributed by atoms with Crippen molar-refractivity contribution in [2.24, 2.45) is 11.5 Å². The van der Waals surface area contributed by atoms with Crippen molar-refractivity contribution in [3.8, 4) is 0 Å². The molecule has 1 rings (SSSR count). The van der Waals surface area contributed by atoms with Crippen molar-refractivity contribution < 1.29 is 13.2 Å². The van der Waals surface area contributed by atoms with Crippen molar-refractivity contribution >= 4 is 0 Å². The van der Waals surface area contributed by atoms with Crippen LogP contribution in [0.5, 0.6) is 0 Å². The standard InChI is InChI=1S/C11H15F3N2/c12-7-5-8(11(14)9(13)6-7)10(16)3-1-2-4-15/h5-6,10H,1-4,15-16H2/t10-/m1/s1. The normalized spacial score (nSPS) is 12.8. The van der Waals surface area contributed by atoms with Crippen molar-refractivity contribution in [1.29, 1.82) is 0 Å². The lowest BCUT2D eigenvalue weighted by Crippen LogP contribution is -2.14. The summed E-state index contributed by atoms with van der Waals surface area (Å²) in [4.78, 5) is 0. The summed E-state index contributed by atoms with van der Waals surface area (Å²) in [5.41, 5.74) is 10.8. The molecule has 0 aromatic heterocycles. The van der Waals surface area contributed by atoms with Gasteiger partial charge in [-0.3, -0.25) is 0 Å². The quantitative estimate of drug-likeness (QED) is 0.604. The van der Waals surface area contributed by atoms with Crippen LogP contribution in [-0.4, -0.2) is 6.54 Å². The van der Waals surface area contributed by atoms with Crippen molar-refractivity contribution in [2.75, 3.05) is 6.54 Å². The van der Waals surface area contributed by atoms with E-state index in [1.54, 1.807) is 0 Å². The summed E-state index contributed by atoms with van der Waals surface area (Å²) < 4.78 is 39.1. The first kappa shape index (κ1) is 13.0. The van der Waals surface area contributed by atoms with E-state index in [1.807, 2.05) is 0 Å². The largest absolute Gasteiger partial charge is 0.330 e. The molecule has 5 heteroatoms. The van der Waals surface area contributed by atoms with Crippen LogP contribution in [-0.2, 0) is 0 Å². The minimum atomic E-state index is -1.20. The smallest absolute Gasteiger partial charge is 0.163 e. The molecule has 0 saturated carbocycles. The van der Waals surface area contributed by atoms with E-state index in [2.05, 4.69) is 0 Å². The van der Waals surface area contributed by atoms with Crippen molar-refractivity contribution in [3.63, 3.8) is 0 Å². The molecule has 0 spiro atoms. The van der Waals surface area contributed by atoms with Crippen molar-refractivity contribution in [3.05, 3.63) is 35.1 Å². The van der Waals surface area contributed by atoms with Gasteiger partial charge in [-0.2, -0.15) is 0 Å². The van der Waals surface area contributed by atoms with Crippen LogP contribution in [0.25, 0.3) is 0 Å². The molecule has 0 aliphatic carbocycles. The Bertz CT molecular complexity index is 355. The predicted octanol–water partition coefficient (Wildman–Crippen LogP) is 2.23. The molecule has 0 unspecified atom stereocenters. The Morgan fingerprint density at radius 2 is 1.81 bits per heavy atom. The Labute approximate surface area is 92.4 Å². The van der Waals surface area contributed by atoms with Gasteiger partial charge in [-0.15, -0.1) is 0 Å². The molecule has 0 fully saturated rings. The highest BCUT2D eigenvalue weighted by atomic mass is 19.2. The summed E-state index contributed by atoms with van der Waals surface area (Å²) in [5, 5.41) is 0. The molecule has 4 N–H and O–H groups in total. The van der Waals surface area contributed by atoms with E-state index in [0.717, 1.165) is 12.5 Å². The highest BCUT2D eigenvalue weighted by Gasteiger charge is 2.16. The van der Waals surface area contributed by atoms with E-state index in [0.29, 0.717) is 25.5 Å². The SMILES string of the molecule is NCCCC[C@@H](N)c1cc(F)cc(F)c1F. The second-order valence-corrected chi connectivity index (χ2v) is 3.68. The van der Waals surface area contributed by atoms with Gasteiger partial charge >= 0.3 is 0 Å². The fraction of sp³-hybridized carbons (Fsp3) is 0.455. The number of rotatable bonds is 5. The minimum Gasteiger partial charge on any atom is -0.330 e. The van der Waals surface area contributed by atoms with Gasteiger partial charge in [-0.1, -0.05) is 6.42 Å². The minimum absolute atomic E-state index is 0.116. The average molecular weight is 232 g/mol. The lowest BCUT2D eigenvalue weighted by molar-refractivity contribution is 0.466. The number of unbranched alkanes of at least 4 members (excludes halogenated alkanes) is 1. The van der Waals surface area contributed by atoms with Gasteiger partial charge in [-0.25, -0.2) is 13.2 Å². The Balaban J connectivity index is 2.78. The average Bonchev–Trinajstić information content (AvgIpc) is 2.23. The molecule has 1 atom stereocenters. The summed E-state index contributed by atoms with van der Waals surface area (Å²) >= 11 is 0. The topological polar surface area (TPSA) is 52.0 Å². The molecule has 0 aliphatic heterocycles. The second-order valence-electron chi connectivity index (χ2n) is 3.68. The maximum atomic E-state index is 13.3. The van der Waals surface area contributed by atoms with Crippen molar-refractivity contribution in [2.45, 2.75) is 25.3 Å². The third-order valence-electron chi connectivity index (χ3n) is 2.39. The van der Waals surface area contributed by atoms with Crippen LogP contribution in [0.4, 0.5) is 13.2 Å². The molecule has 0 bridgehead atoms. The van der Waals surface area contributed by atoms with E-state index in [9.17, 15) is 13.2 Å². The highest BCUT2D eigenvalue weighted by molar-refractivity contribution is 5.23. The summed E-state index contributed by atoms with van der Waals surface area (Å²) in [6, 6.07) is 0.744. The summed E-state index contributed by atoms with van der Waals surface area (Å²) in [5.74, 6) is -3.09. The number of nitrogens with two attached hydrogens (primary N) is 2. The summed E-state index contributed by atoms with van der Waals surface area (Å²) in [6.45, 7) is 0.521. The molecule has 0 amide bonds. The third-order valence-corrected chi connectivity index (χ3v) is 2.39. The number of hydrogen-bond donors (Lipinski definition) is 2. The zero-order chi connectivity index (χ0) is 12.1. The van der Waals surface area contributed by atoms with Crippen LogP contribution >= 0.6 is 0 Å².